The first-order valence-electron chi connectivity index (χ1n) is 7.57. The Morgan fingerprint density at radius 1 is 1.30 bits per heavy atom. The van der Waals surface area contributed by atoms with Crippen molar-refractivity contribution in [3.8, 4) is 0 Å². The largest absolute Gasteiger partial charge is 0.353 e. The van der Waals surface area contributed by atoms with Gasteiger partial charge >= 0.3 is 0 Å². The van der Waals surface area contributed by atoms with Crippen LogP contribution in [0.4, 0.5) is 0 Å². The molecular formula is C17H26N2O. The average Bonchev–Trinajstić information content (AvgIpc) is 2.43. The van der Waals surface area contributed by atoms with Crippen LogP contribution in [0.25, 0.3) is 0 Å². The minimum absolute atomic E-state index is 0.0726. The molecule has 1 unspecified atom stereocenters. The summed E-state index contributed by atoms with van der Waals surface area (Å²) >= 11 is 0. The Labute approximate surface area is 121 Å². The van der Waals surface area contributed by atoms with Gasteiger partial charge in [-0.3, -0.25) is 4.79 Å². The number of amides is 1. The minimum Gasteiger partial charge on any atom is -0.353 e. The van der Waals surface area contributed by atoms with Crippen LogP contribution in [-0.4, -0.2) is 18.5 Å². The number of benzene rings is 1. The van der Waals surface area contributed by atoms with Crippen LogP contribution < -0.4 is 11.1 Å². The first kappa shape index (κ1) is 15.0. The predicted molar refractivity (Wildman–Crippen MR) is 82.4 cm³/mol. The number of carbonyl (C=O) groups excluding carboxylic acids is 1. The van der Waals surface area contributed by atoms with Crippen LogP contribution in [0.3, 0.4) is 0 Å². The van der Waals surface area contributed by atoms with Crippen molar-refractivity contribution in [1.29, 1.82) is 0 Å². The molecule has 0 heterocycles. The molecule has 1 aliphatic rings. The van der Waals surface area contributed by atoms with E-state index in [2.05, 4.69) is 19.2 Å². The van der Waals surface area contributed by atoms with Gasteiger partial charge in [0.2, 0.25) is 5.91 Å². The molecule has 2 rings (SSSR count). The lowest BCUT2D eigenvalue weighted by atomic mass is 9.75. The zero-order valence-electron chi connectivity index (χ0n) is 12.6. The molecule has 1 fully saturated rings. The molecule has 0 saturated heterocycles. The molecule has 1 atom stereocenters. The van der Waals surface area contributed by atoms with Gasteiger partial charge in [0.1, 0.15) is 0 Å². The third-order valence-corrected chi connectivity index (χ3v) is 4.44. The fourth-order valence-electron chi connectivity index (χ4n) is 2.93. The van der Waals surface area contributed by atoms with Crippen LogP contribution in [0.5, 0.6) is 0 Å². The normalized spacial score (nSPS) is 20.4. The van der Waals surface area contributed by atoms with E-state index in [-0.39, 0.29) is 11.8 Å². The maximum atomic E-state index is 12.4. The monoisotopic (exact) mass is 274 g/mol. The Kier molecular flexibility index (Phi) is 4.81. The van der Waals surface area contributed by atoms with Crippen LogP contribution in [0.15, 0.2) is 30.3 Å². The molecule has 20 heavy (non-hydrogen) atoms. The summed E-state index contributed by atoms with van der Waals surface area (Å²) in [6.07, 6.45) is 4.50. The van der Waals surface area contributed by atoms with Crippen LogP contribution in [-0.2, 0) is 4.79 Å². The van der Waals surface area contributed by atoms with Crippen molar-refractivity contribution < 1.29 is 4.79 Å². The van der Waals surface area contributed by atoms with E-state index in [0.29, 0.717) is 18.0 Å². The third-order valence-electron chi connectivity index (χ3n) is 4.44. The van der Waals surface area contributed by atoms with Gasteiger partial charge in [-0.05, 0) is 36.7 Å². The molecule has 3 heteroatoms. The molecule has 0 aliphatic heterocycles. The zero-order chi connectivity index (χ0) is 14.6. The first-order chi connectivity index (χ1) is 9.52. The second-order valence-corrected chi connectivity index (χ2v) is 6.65. The SMILES string of the molecule is CC1(C)CCC(NC(=O)C(CN)c2ccccc2)CC1. The summed E-state index contributed by atoms with van der Waals surface area (Å²) in [6.45, 7) is 4.96. The average molecular weight is 274 g/mol. The number of nitrogens with two attached hydrogens (primary N) is 1. The van der Waals surface area contributed by atoms with Gasteiger partial charge in [-0.25, -0.2) is 0 Å². The second kappa shape index (κ2) is 6.40. The zero-order valence-corrected chi connectivity index (χ0v) is 12.6. The van der Waals surface area contributed by atoms with Crippen molar-refractivity contribution in [2.24, 2.45) is 11.1 Å². The molecule has 1 aliphatic carbocycles. The second-order valence-electron chi connectivity index (χ2n) is 6.65. The molecule has 1 aromatic rings. The van der Waals surface area contributed by atoms with Crippen molar-refractivity contribution >= 4 is 5.91 Å². The summed E-state index contributed by atoms with van der Waals surface area (Å²) < 4.78 is 0. The molecule has 1 saturated carbocycles. The van der Waals surface area contributed by atoms with Crippen LogP contribution in [0.2, 0.25) is 0 Å². The van der Waals surface area contributed by atoms with Gasteiger partial charge in [0.05, 0.1) is 5.92 Å². The van der Waals surface area contributed by atoms with Crippen molar-refractivity contribution in [2.75, 3.05) is 6.54 Å². The lowest BCUT2D eigenvalue weighted by Gasteiger charge is -2.35. The maximum Gasteiger partial charge on any atom is 0.229 e. The van der Waals surface area contributed by atoms with Crippen molar-refractivity contribution in [2.45, 2.75) is 51.5 Å². The van der Waals surface area contributed by atoms with Crippen molar-refractivity contribution in [1.82, 2.24) is 5.32 Å². The molecular weight excluding hydrogens is 248 g/mol. The van der Waals surface area contributed by atoms with E-state index < -0.39 is 0 Å². The molecule has 3 N–H and O–H groups in total. The number of nitrogens with one attached hydrogen (secondary N) is 1. The number of hydrogen-bond acceptors (Lipinski definition) is 2. The highest BCUT2D eigenvalue weighted by Gasteiger charge is 2.29. The predicted octanol–water partition coefficient (Wildman–Crippen LogP) is 2.81. The standard InChI is InChI=1S/C17H26N2O/c1-17(2)10-8-14(9-11-17)19-16(20)15(12-18)13-6-4-3-5-7-13/h3-7,14-15H,8-12,18H2,1-2H3,(H,19,20). The van der Waals surface area contributed by atoms with E-state index in [4.69, 9.17) is 5.73 Å². The Morgan fingerprint density at radius 2 is 1.90 bits per heavy atom. The third kappa shape index (κ3) is 3.83. The Bertz CT molecular complexity index is 432. The molecule has 1 aromatic carbocycles. The quantitative estimate of drug-likeness (QED) is 0.887. The van der Waals surface area contributed by atoms with E-state index in [1.165, 1.54) is 12.8 Å². The molecule has 0 bridgehead atoms. The summed E-state index contributed by atoms with van der Waals surface area (Å²) in [5, 5.41) is 3.19. The van der Waals surface area contributed by atoms with Gasteiger partial charge in [0, 0.05) is 12.6 Å². The summed E-state index contributed by atoms with van der Waals surface area (Å²) in [7, 11) is 0. The van der Waals surface area contributed by atoms with Gasteiger partial charge in [0.15, 0.2) is 0 Å². The van der Waals surface area contributed by atoms with E-state index in [0.717, 1.165) is 18.4 Å². The fourth-order valence-corrected chi connectivity index (χ4v) is 2.93. The lowest BCUT2D eigenvalue weighted by molar-refractivity contribution is -0.123. The van der Waals surface area contributed by atoms with Crippen molar-refractivity contribution in [3.05, 3.63) is 35.9 Å². The molecule has 0 radical (unpaired) electrons. The molecule has 0 spiro atoms. The van der Waals surface area contributed by atoms with Gasteiger partial charge in [0.25, 0.3) is 0 Å². The van der Waals surface area contributed by atoms with E-state index in [1.807, 2.05) is 30.3 Å². The van der Waals surface area contributed by atoms with Crippen LogP contribution in [0.1, 0.15) is 51.0 Å². The topological polar surface area (TPSA) is 55.1 Å². The summed E-state index contributed by atoms with van der Waals surface area (Å²) in [5.41, 5.74) is 7.22. The van der Waals surface area contributed by atoms with Gasteiger partial charge in [-0.2, -0.15) is 0 Å². The van der Waals surface area contributed by atoms with Crippen molar-refractivity contribution in [3.63, 3.8) is 0 Å². The maximum absolute atomic E-state index is 12.4. The number of hydrogen-bond donors (Lipinski definition) is 2. The first-order valence-corrected chi connectivity index (χ1v) is 7.57. The summed E-state index contributed by atoms with van der Waals surface area (Å²) in [5.74, 6) is -0.158. The van der Waals surface area contributed by atoms with E-state index in [1.54, 1.807) is 0 Å². The van der Waals surface area contributed by atoms with Crippen LogP contribution >= 0.6 is 0 Å². The van der Waals surface area contributed by atoms with Gasteiger partial charge in [-0.15, -0.1) is 0 Å². The lowest BCUT2D eigenvalue weighted by Crippen LogP contribution is -2.43. The molecule has 0 aromatic heterocycles. The summed E-state index contributed by atoms with van der Waals surface area (Å²) in [6, 6.07) is 10.1. The van der Waals surface area contributed by atoms with E-state index >= 15 is 0 Å². The highest BCUT2D eigenvalue weighted by Crippen LogP contribution is 2.35. The Morgan fingerprint density at radius 3 is 2.45 bits per heavy atom. The van der Waals surface area contributed by atoms with Crippen LogP contribution in [0, 0.1) is 5.41 Å². The smallest absolute Gasteiger partial charge is 0.229 e. The number of carbonyl (C=O) groups is 1. The molecule has 3 nitrogen and oxygen atoms in total. The minimum atomic E-state index is -0.230. The van der Waals surface area contributed by atoms with Gasteiger partial charge in [-0.1, -0.05) is 44.2 Å². The molecule has 1 amide bonds. The van der Waals surface area contributed by atoms with E-state index in [9.17, 15) is 4.79 Å². The Hall–Kier alpha value is -1.35. The number of rotatable bonds is 4. The molecule has 110 valence electrons. The Balaban J connectivity index is 1.94. The highest BCUT2D eigenvalue weighted by molar-refractivity contribution is 5.84. The summed E-state index contributed by atoms with van der Waals surface area (Å²) in [4.78, 5) is 12.4. The highest BCUT2D eigenvalue weighted by atomic mass is 16.1. The fraction of sp³-hybridized carbons (Fsp3) is 0.588. The van der Waals surface area contributed by atoms with Gasteiger partial charge < -0.3 is 11.1 Å².